The van der Waals surface area contributed by atoms with Crippen LogP contribution in [0.1, 0.15) is 60.9 Å². The predicted molar refractivity (Wildman–Crippen MR) is 132 cm³/mol. The number of amides is 1. The van der Waals surface area contributed by atoms with E-state index >= 15 is 0 Å². The fourth-order valence-corrected chi connectivity index (χ4v) is 5.61. The van der Waals surface area contributed by atoms with Crippen LogP contribution in [0.4, 0.5) is 11.4 Å². The molecule has 34 heavy (non-hydrogen) atoms. The normalized spacial score (nSPS) is 21.0. The molecule has 2 aromatic heterocycles. The van der Waals surface area contributed by atoms with Gasteiger partial charge in [-0.25, -0.2) is 4.85 Å². The fourth-order valence-electron chi connectivity index (χ4n) is 4.40. The molecule has 0 atom stereocenters. The van der Waals surface area contributed by atoms with Crippen LogP contribution in [0.3, 0.4) is 0 Å². The Kier molecular flexibility index (Phi) is 6.38. The van der Waals surface area contributed by atoms with Gasteiger partial charge in [0.2, 0.25) is 5.69 Å². The Labute approximate surface area is 200 Å². The summed E-state index contributed by atoms with van der Waals surface area (Å²) in [5.41, 5.74) is 4.09. The van der Waals surface area contributed by atoms with Crippen LogP contribution < -0.4 is 5.32 Å². The highest BCUT2D eigenvalue weighted by Crippen LogP contribution is 2.40. The van der Waals surface area contributed by atoms with Crippen LogP contribution >= 0.6 is 0 Å². The standard InChI is InChI=1S/C24H30N6O3S/c1-24(2)10-8-16(9-11-24)22-20(28-23(31)21-12-18(25-3)13-26-21)7-6-19(27-22)17-14-29(4)34(32,33)30(5)15-17/h6-8,12-13,17,26H,9-11,14-15H2,1-2,4-5H3,(H,28,31). The maximum absolute atomic E-state index is 12.9. The Morgan fingerprint density at radius 1 is 1.26 bits per heavy atom. The third-order valence-corrected chi connectivity index (χ3v) is 8.52. The van der Waals surface area contributed by atoms with E-state index in [2.05, 4.69) is 35.1 Å². The summed E-state index contributed by atoms with van der Waals surface area (Å²) in [6.45, 7) is 12.3. The van der Waals surface area contributed by atoms with Gasteiger partial charge in [0, 0.05) is 45.0 Å². The Morgan fingerprint density at radius 2 is 1.97 bits per heavy atom. The summed E-state index contributed by atoms with van der Waals surface area (Å²) in [6, 6.07) is 5.22. The topological polar surface area (TPSA) is 103 Å². The van der Waals surface area contributed by atoms with Crippen LogP contribution in [-0.4, -0.2) is 60.1 Å². The molecule has 3 heterocycles. The van der Waals surface area contributed by atoms with Gasteiger partial charge in [0.1, 0.15) is 0 Å². The van der Waals surface area contributed by atoms with E-state index in [9.17, 15) is 13.2 Å². The molecule has 180 valence electrons. The number of H-pyrrole nitrogens is 1. The number of aromatic nitrogens is 2. The summed E-state index contributed by atoms with van der Waals surface area (Å²) in [5, 5.41) is 2.95. The van der Waals surface area contributed by atoms with Crippen LogP contribution in [0.25, 0.3) is 10.4 Å². The summed E-state index contributed by atoms with van der Waals surface area (Å²) in [6.07, 6.45) is 6.46. The van der Waals surface area contributed by atoms with Crippen LogP contribution in [0, 0.1) is 12.0 Å². The zero-order chi connectivity index (χ0) is 24.7. The second kappa shape index (κ2) is 8.98. The van der Waals surface area contributed by atoms with Crippen molar-refractivity contribution in [3.63, 3.8) is 0 Å². The first-order chi connectivity index (χ1) is 16.0. The second-order valence-electron chi connectivity index (χ2n) is 9.83. The lowest BCUT2D eigenvalue weighted by atomic mass is 9.77. The summed E-state index contributed by atoms with van der Waals surface area (Å²) in [5.74, 6) is -0.432. The van der Waals surface area contributed by atoms with Gasteiger partial charge in [-0.05, 0) is 48.4 Å². The first-order valence-corrected chi connectivity index (χ1v) is 12.6. The van der Waals surface area contributed by atoms with Crippen molar-refractivity contribution in [3.05, 3.63) is 59.0 Å². The molecular formula is C24H30N6O3S. The smallest absolute Gasteiger partial charge is 0.281 e. The average molecular weight is 483 g/mol. The number of anilines is 1. The molecule has 2 aliphatic rings. The van der Waals surface area contributed by atoms with Gasteiger partial charge in [0.05, 0.1) is 23.6 Å². The van der Waals surface area contributed by atoms with E-state index in [4.69, 9.17) is 11.6 Å². The fraction of sp³-hybridized carbons (Fsp3) is 0.458. The van der Waals surface area contributed by atoms with Crippen molar-refractivity contribution in [1.29, 1.82) is 0 Å². The lowest BCUT2D eigenvalue weighted by Gasteiger charge is -2.35. The predicted octanol–water partition coefficient (Wildman–Crippen LogP) is 4.01. The van der Waals surface area contributed by atoms with Crippen molar-refractivity contribution in [1.82, 2.24) is 18.6 Å². The molecule has 1 amide bonds. The number of hydrogen-bond donors (Lipinski definition) is 2. The number of carbonyl (C=O) groups is 1. The Balaban J connectivity index is 1.68. The quantitative estimate of drug-likeness (QED) is 0.643. The Bertz CT molecular complexity index is 1270. The summed E-state index contributed by atoms with van der Waals surface area (Å²) in [4.78, 5) is 24.0. The van der Waals surface area contributed by atoms with E-state index in [1.807, 2.05) is 12.1 Å². The van der Waals surface area contributed by atoms with Crippen molar-refractivity contribution in [2.45, 2.75) is 39.0 Å². The molecule has 0 radical (unpaired) electrons. The molecule has 4 rings (SSSR count). The van der Waals surface area contributed by atoms with Crippen molar-refractivity contribution in [3.8, 4) is 0 Å². The number of rotatable bonds is 4. The molecule has 0 unspecified atom stereocenters. The SMILES string of the molecule is [C-]#[N+]c1c[nH]c(C(=O)Nc2ccc(C3CN(C)S(=O)(=O)N(C)C3)nc2C2=CCC(C)(C)CC2)c1. The second-order valence-corrected chi connectivity index (χ2v) is 12.0. The first kappa shape index (κ1) is 24.1. The van der Waals surface area contributed by atoms with Crippen LogP contribution in [0.15, 0.2) is 30.5 Å². The minimum Gasteiger partial charge on any atom is -0.368 e. The molecule has 0 spiro atoms. The molecule has 0 aromatic carbocycles. The zero-order valence-electron chi connectivity index (χ0n) is 19.9. The monoisotopic (exact) mass is 482 g/mol. The molecule has 9 nitrogen and oxygen atoms in total. The average Bonchev–Trinajstić information content (AvgIpc) is 3.27. The maximum Gasteiger partial charge on any atom is 0.281 e. The number of likely N-dealkylation sites (N-methyl/N-ethyl adjacent to an activating group) is 2. The number of carbonyl (C=O) groups excluding carboxylic acids is 1. The number of aromatic amines is 1. The van der Waals surface area contributed by atoms with Gasteiger partial charge >= 0.3 is 0 Å². The van der Waals surface area contributed by atoms with Crippen LogP contribution in [0.2, 0.25) is 0 Å². The van der Waals surface area contributed by atoms with Gasteiger partial charge in [-0.1, -0.05) is 19.9 Å². The van der Waals surface area contributed by atoms with Crippen molar-refractivity contribution < 1.29 is 13.2 Å². The van der Waals surface area contributed by atoms with E-state index in [0.717, 1.165) is 36.2 Å². The molecule has 0 saturated carbocycles. The summed E-state index contributed by atoms with van der Waals surface area (Å²) < 4.78 is 27.4. The minimum absolute atomic E-state index is 0.0905. The third kappa shape index (κ3) is 4.78. The van der Waals surface area contributed by atoms with Gasteiger partial charge in [0.25, 0.3) is 16.1 Å². The van der Waals surface area contributed by atoms with Gasteiger partial charge < -0.3 is 10.3 Å². The van der Waals surface area contributed by atoms with Crippen LogP contribution in [-0.2, 0) is 10.2 Å². The molecule has 1 saturated heterocycles. The summed E-state index contributed by atoms with van der Waals surface area (Å²) >= 11 is 0. The van der Waals surface area contributed by atoms with Crippen molar-refractivity contribution >= 4 is 33.1 Å². The lowest BCUT2D eigenvalue weighted by Crippen LogP contribution is -2.49. The maximum atomic E-state index is 12.9. The van der Waals surface area contributed by atoms with Crippen LogP contribution in [0.5, 0.6) is 0 Å². The van der Waals surface area contributed by atoms with Gasteiger partial charge in [-0.2, -0.15) is 17.0 Å². The van der Waals surface area contributed by atoms with Crippen molar-refractivity contribution in [2.24, 2.45) is 5.41 Å². The third-order valence-electron chi connectivity index (χ3n) is 6.64. The van der Waals surface area contributed by atoms with E-state index in [0.29, 0.717) is 30.2 Å². The zero-order valence-corrected chi connectivity index (χ0v) is 20.7. The van der Waals surface area contributed by atoms with Gasteiger partial charge in [-0.3, -0.25) is 9.78 Å². The number of allylic oxidation sites excluding steroid dienone is 2. The number of nitrogens with zero attached hydrogens (tertiary/aromatic N) is 4. The minimum atomic E-state index is -3.43. The van der Waals surface area contributed by atoms with Gasteiger partial charge in [-0.15, -0.1) is 0 Å². The number of nitrogens with one attached hydrogen (secondary N) is 2. The van der Waals surface area contributed by atoms with E-state index in [1.165, 1.54) is 20.9 Å². The highest BCUT2D eigenvalue weighted by Gasteiger charge is 2.35. The number of pyridine rings is 1. The molecule has 2 N–H and O–H groups in total. The molecular weight excluding hydrogens is 452 g/mol. The number of hydrogen-bond acceptors (Lipinski definition) is 4. The summed E-state index contributed by atoms with van der Waals surface area (Å²) in [7, 11) is -0.281. The molecule has 1 aliphatic carbocycles. The lowest BCUT2D eigenvalue weighted by molar-refractivity contribution is 0.102. The molecule has 2 aromatic rings. The largest absolute Gasteiger partial charge is 0.368 e. The van der Waals surface area contributed by atoms with E-state index in [-0.39, 0.29) is 17.2 Å². The molecule has 10 heteroatoms. The highest BCUT2D eigenvalue weighted by molar-refractivity contribution is 7.86. The van der Waals surface area contributed by atoms with E-state index in [1.54, 1.807) is 14.1 Å². The molecule has 1 fully saturated rings. The van der Waals surface area contributed by atoms with E-state index < -0.39 is 10.2 Å². The highest BCUT2D eigenvalue weighted by atomic mass is 32.2. The van der Waals surface area contributed by atoms with Gasteiger partial charge in [0.15, 0.2) is 0 Å². The first-order valence-electron chi connectivity index (χ1n) is 11.3. The van der Waals surface area contributed by atoms with Crippen molar-refractivity contribution in [2.75, 3.05) is 32.5 Å². The molecule has 1 aliphatic heterocycles. The Hall–Kier alpha value is -3.00. The Morgan fingerprint density at radius 3 is 2.56 bits per heavy atom. The molecule has 0 bridgehead atoms.